The summed E-state index contributed by atoms with van der Waals surface area (Å²) < 4.78 is 27.0. The highest BCUT2D eigenvalue weighted by molar-refractivity contribution is 6.12. The molecule has 0 saturated carbocycles. The molecule has 0 aliphatic carbocycles. The zero-order valence-electron chi connectivity index (χ0n) is 35.9. The number of likely N-dealkylation sites (N-methyl/N-ethyl adjacent to an activating group) is 1. The molecule has 0 atom stereocenters. The summed E-state index contributed by atoms with van der Waals surface area (Å²) in [6, 6.07) is 47.6. The van der Waals surface area contributed by atoms with E-state index in [0.29, 0.717) is 85.5 Å². The first-order chi connectivity index (χ1) is 31.3. The zero-order valence-corrected chi connectivity index (χ0v) is 35.9. The van der Waals surface area contributed by atoms with Crippen LogP contribution in [0.5, 0.6) is 23.0 Å². The lowest BCUT2D eigenvalue weighted by Crippen LogP contribution is -2.28. The van der Waals surface area contributed by atoms with E-state index in [2.05, 4.69) is 59.0 Å². The smallest absolute Gasteiger partial charge is 0.222 e. The molecule has 2 aromatic heterocycles. The number of fused-ring (bicyclic) bond motifs is 7. The molecule has 2 amide bonds. The molecule has 0 spiro atoms. The van der Waals surface area contributed by atoms with E-state index in [4.69, 9.17) is 28.9 Å². The van der Waals surface area contributed by atoms with Gasteiger partial charge in [-0.3, -0.25) is 14.5 Å². The minimum absolute atomic E-state index is 0.209. The zero-order chi connectivity index (χ0) is 44.0. The molecule has 0 saturated heterocycles. The van der Waals surface area contributed by atoms with Crippen LogP contribution in [0.4, 0.5) is 11.6 Å². The maximum Gasteiger partial charge on any atom is 0.222 e. The predicted molar refractivity (Wildman–Crippen MR) is 252 cm³/mol. The van der Waals surface area contributed by atoms with Crippen LogP contribution in [0.3, 0.4) is 0 Å². The van der Waals surface area contributed by atoms with E-state index in [-0.39, 0.29) is 11.8 Å². The largest absolute Gasteiger partial charge is 0.492 e. The molecule has 6 aromatic carbocycles. The highest BCUT2D eigenvalue weighted by Crippen LogP contribution is 2.49. The summed E-state index contributed by atoms with van der Waals surface area (Å²) in [4.78, 5) is 36.0. The summed E-state index contributed by atoms with van der Waals surface area (Å²) in [5.74, 6) is 3.05. The van der Waals surface area contributed by atoms with Gasteiger partial charge in [-0.15, -0.1) is 0 Å². The summed E-state index contributed by atoms with van der Waals surface area (Å²) in [6.07, 6.45) is 0. The van der Waals surface area contributed by atoms with E-state index in [9.17, 15) is 9.59 Å². The lowest BCUT2D eigenvalue weighted by Gasteiger charge is -2.22. The Morgan fingerprint density at radius 3 is 1.42 bits per heavy atom. The van der Waals surface area contributed by atoms with Crippen molar-refractivity contribution in [3.63, 3.8) is 0 Å². The minimum atomic E-state index is -0.209. The molecule has 0 fully saturated rings. The second-order valence-corrected chi connectivity index (χ2v) is 15.7. The summed E-state index contributed by atoms with van der Waals surface area (Å²) in [7, 11) is 2.06. The Labute approximate surface area is 371 Å². The number of carbonyl (C=O) groups is 2. The lowest BCUT2D eigenvalue weighted by molar-refractivity contribution is -0.115. The quantitative estimate of drug-likeness (QED) is 0.138. The van der Waals surface area contributed by atoms with Gasteiger partial charge in [0.05, 0.1) is 11.4 Å². The van der Waals surface area contributed by atoms with Gasteiger partial charge in [-0.25, -0.2) is 9.97 Å². The minimum Gasteiger partial charge on any atom is -0.492 e. The van der Waals surface area contributed by atoms with Crippen LogP contribution in [0.25, 0.3) is 55.2 Å². The van der Waals surface area contributed by atoms with Crippen LogP contribution in [0, 0.1) is 0 Å². The number of pyridine rings is 2. The number of hydrogen-bond donors (Lipinski definition) is 2. The third-order valence-electron chi connectivity index (χ3n) is 11.0. The third-order valence-corrected chi connectivity index (χ3v) is 11.0. The molecule has 3 heterocycles. The van der Waals surface area contributed by atoms with E-state index in [1.165, 1.54) is 13.8 Å². The average molecular weight is 850 g/mol. The molecule has 0 bridgehead atoms. The van der Waals surface area contributed by atoms with Crippen molar-refractivity contribution in [3.8, 4) is 56.6 Å². The lowest BCUT2D eigenvalue weighted by atomic mass is 9.90. The SMILES string of the molecule is CC(=O)Nc1cccc(-c2cc3ccc4c(c3cc2OCc2ccccc2)-c2c(ccc3cc(-c5cccc(NC(C)=O)n5)c(OCc5ccccc5)cc23)OCCN(C)CCO4)n1. The number of hydrogen-bond acceptors (Lipinski definition) is 9. The Morgan fingerprint density at radius 2 is 1.00 bits per heavy atom. The van der Waals surface area contributed by atoms with Crippen LogP contribution in [0.15, 0.2) is 146 Å². The summed E-state index contributed by atoms with van der Waals surface area (Å²) in [6.45, 7) is 5.86. The number of aromatic nitrogens is 2. The van der Waals surface area contributed by atoms with Crippen LogP contribution in [-0.2, 0) is 22.8 Å². The molecule has 1 aliphatic rings. The number of carbonyl (C=O) groups excluding carboxylic acids is 2. The molecule has 0 unspecified atom stereocenters. The fourth-order valence-corrected chi connectivity index (χ4v) is 7.94. The fourth-order valence-electron chi connectivity index (χ4n) is 7.94. The van der Waals surface area contributed by atoms with Gasteiger partial charge in [0.15, 0.2) is 0 Å². The Hall–Kier alpha value is -7.76. The number of amides is 2. The third kappa shape index (κ3) is 9.35. The molecule has 11 heteroatoms. The maximum absolute atomic E-state index is 12.1. The molecule has 2 N–H and O–H groups in total. The topological polar surface area (TPSA) is 124 Å². The van der Waals surface area contributed by atoms with Crippen molar-refractivity contribution in [1.29, 1.82) is 0 Å². The Morgan fingerprint density at radius 1 is 0.562 bits per heavy atom. The second kappa shape index (κ2) is 18.7. The van der Waals surface area contributed by atoms with Crippen LogP contribution in [0.1, 0.15) is 25.0 Å². The maximum atomic E-state index is 12.1. The summed E-state index contributed by atoms with van der Waals surface area (Å²) >= 11 is 0. The number of nitrogens with one attached hydrogen (secondary N) is 2. The van der Waals surface area contributed by atoms with E-state index < -0.39 is 0 Å². The van der Waals surface area contributed by atoms with Crippen molar-refractivity contribution in [1.82, 2.24) is 14.9 Å². The number of benzene rings is 6. The molecular formula is C53H47N5O6. The van der Waals surface area contributed by atoms with Crippen LogP contribution in [-0.4, -0.2) is 60.0 Å². The van der Waals surface area contributed by atoms with Gasteiger partial charge in [-0.1, -0.05) is 84.9 Å². The van der Waals surface area contributed by atoms with Crippen molar-refractivity contribution >= 4 is 45.0 Å². The monoisotopic (exact) mass is 849 g/mol. The van der Waals surface area contributed by atoms with E-state index >= 15 is 0 Å². The van der Waals surface area contributed by atoms with Crippen molar-refractivity contribution < 1.29 is 28.5 Å². The van der Waals surface area contributed by atoms with Gasteiger partial charge in [-0.2, -0.15) is 0 Å². The molecule has 64 heavy (non-hydrogen) atoms. The number of anilines is 2. The van der Waals surface area contributed by atoms with Crippen molar-refractivity contribution in [2.24, 2.45) is 0 Å². The van der Waals surface area contributed by atoms with Crippen molar-refractivity contribution in [2.45, 2.75) is 27.1 Å². The standard InChI is InChI=1S/C53H47N5O6/c1-34(59)54-50-18-10-16-44(56-50)42-28-38-20-22-46-52(40(38)30-48(42)63-32-36-12-6-4-7-13-36)53-41-31-49(64-33-37-14-8-5-9-15-37)43(45-17-11-19-51(57-45)55-35(2)60)29-39(41)21-23-47(53)62-27-25-58(3)24-26-61-46/h4-23,28-31H,24-27,32-33H2,1-3H3,(H,54,56,59)(H,55,57,60). The van der Waals surface area contributed by atoms with Crippen LogP contribution >= 0.6 is 0 Å². The molecule has 9 rings (SSSR count). The number of ether oxygens (including phenoxy) is 4. The number of nitrogens with zero attached hydrogens (tertiary/aromatic N) is 3. The van der Waals surface area contributed by atoms with Gasteiger partial charge < -0.3 is 29.6 Å². The molecule has 0 radical (unpaired) electrons. The normalized spacial score (nSPS) is 12.8. The van der Waals surface area contributed by atoms with Gasteiger partial charge in [0, 0.05) is 49.2 Å². The highest BCUT2D eigenvalue weighted by atomic mass is 16.5. The van der Waals surface area contributed by atoms with Crippen molar-refractivity contribution in [2.75, 3.05) is 44.0 Å². The van der Waals surface area contributed by atoms with Crippen molar-refractivity contribution in [3.05, 3.63) is 157 Å². The van der Waals surface area contributed by atoms with E-state index in [1.807, 2.05) is 97.1 Å². The second-order valence-electron chi connectivity index (χ2n) is 15.7. The van der Waals surface area contributed by atoms with E-state index in [1.54, 1.807) is 12.1 Å². The van der Waals surface area contributed by atoms with Crippen LogP contribution < -0.4 is 29.6 Å². The molecule has 8 aromatic rings. The Balaban J connectivity index is 1.29. The van der Waals surface area contributed by atoms with Gasteiger partial charge in [-0.05, 0) is 100 Å². The van der Waals surface area contributed by atoms with Gasteiger partial charge >= 0.3 is 0 Å². The highest BCUT2D eigenvalue weighted by Gasteiger charge is 2.24. The fraction of sp³-hybridized carbons (Fsp3) is 0.170. The average Bonchev–Trinajstić information content (AvgIpc) is 3.33. The first-order valence-electron chi connectivity index (χ1n) is 21.3. The van der Waals surface area contributed by atoms with Crippen LogP contribution in [0.2, 0.25) is 0 Å². The summed E-state index contributed by atoms with van der Waals surface area (Å²) in [5, 5.41) is 9.25. The molecule has 1 aliphatic heterocycles. The van der Waals surface area contributed by atoms with Gasteiger partial charge in [0.1, 0.15) is 61.1 Å². The molecule has 11 nitrogen and oxygen atoms in total. The summed E-state index contributed by atoms with van der Waals surface area (Å²) in [5.41, 5.74) is 6.51. The van der Waals surface area contributed by atoms with E-state index in [0.717, 1.165) is 54.9 Å². The first-order valence-corrected chi connectivity index (χ1v) is 21.3. The van der Waals surface area contributed by atoms with Gasteiger partial charge in [0.25, 0.3) is 0 Å². The number of rotatable bonds is 10. The molecule has 320 valence electrons. The Kier molecular flexibility index (Phi) is 12.1. The van der Waals surface area contributed by atoms with Gasteiger partial charge in [0.2, 0.25) is 11.8 Å². The molecular weight excluding hydrogens is 803 g/mol. The Bertz CT molecular complexity index is 2790. The first kappa shape index (κ1) is 41.6. The predicted octanol–water partition coefficient (Wildman–Crippen LogP) is 10.6.